The van der Waals surface area contributed by atoms with Gasteiger partial charge in [-0.2, -0.15) is 5.10 Å². The van der Waals surface area contributed by atoms with Crippen LogP contribution in [0.5, 0.6) is 0 Å². The Morgan fingerprint density at radius 2 is 1.95 bits per heavy atom. The molecule has 0 spiro atoms. The van der Waals surface area contributed by atoms with Gasteiger partial charge in [-0.05, 0) is 32.6 Å². The molecule has 1 amide bonds. The van der Waals surface area contributed by atoms with Gasteiger partial charge in [0.05, 0.1) is 28.9 Å². The van der Waals surface area contributed by atoms with Crippen LogP contribution in [0.3, 0.4) is 0 Å². The summed E-state index contributed by atoms with van der Waals surface area (Å²) < 4.78 is 1.71. The maximum absolute atomic E-state index is 12.5. The molecular weight excluding hydrogens is 270 g/mol. The van der Waals surface area contributed by atoms with Gasteiger partial charge in [0.1, 0.15) is 0 Å². The van der Waals surface area contributed by atoms with Crippen LogP contribution < -0.4 is 5.32 Å². The largest absolute Gasteiger partial charge is 0.481 e. The number of carboxylic acids is 1. The minimum absolute atomic E-state index is 0.197. The molecular formula is C15H23N3O3. The Labute approximate surface area is 124 Å². The molecule has 1 heterocycles. The maximum atomic E-state index is 12.5. The fourth-order valence-corrected chi connectivity index (χ4v) is 3.21. The Morgan fingerprint density at radius 1 is 1.33 bits per heavy atom. The van der Waals surface area contributed by atoms with Crippen LogP contribution in [-0.2, 0) is 16.6 Å². The van der Waals surface area contributed by atoms with Gasteiger partial charge in [-0.1, -0.05) is 13.3 Å². The first-order valence-electron chi connectivity index (χ1n) is 7.39. The van der Waals surface area contributed by atoms with E-state index in [0.29, 0.717) is 24.4 Å². The van der Waals surface area contributed by atoms with Crippen molar-refractivity contribution in [2.45, 2.75) is 40.0 Å². The molecule has 6 nitrogen and oxygen atoms in total. The zero-order valence-electron chi connectivity index (χ0n) is 13.0. The molecule has 1 saturated carbocycles. The second-order valence-corrected chi connectivity index (χ2v) is 5.96. The lowest BCUT2D eigenvalue weighted by atomic mass is 9.95. The summed E-state index contributed by atoms with van der Waals surface area (Å²) in [5.41, 5.74) is 2.32. The number of aryl methyl sites for hydroxylation is 2. The van der Waals surface area contributed by atoms with Crippen LogP contribution in [0.25, 0.3) is 0 Å². The summed E-state index contributed by atoms with van der Waals surface area (Å²) in [6, 6.07) is 0. The minimum atomic E-state index is -0.870. The van der Waals surface area contributed by atoms with Crippen LogP contribution in [0.4, 0.5) is 5.69 Å². The van der Waals surface area contributed by atoms with E-state index in [4.69, 9.17) is 0 Å². The van der Waals surface area contributed by atoms with E-state index in [1.54, 1.807) is 4.68 Å². The Bertz CT molecular complexity index is 565. The number of aliphatic carboxylic acids is 1. The Balaban J connectivity index is 2.17. The predicted molar refractivity (Wildman–Crippen MR) is 78.9 cm³/mol. The molecule has 21 heavy (non-hydrogen) atoms. The molecule has 0 bridgehead atoms. The Kier molecular flexibility index (Phi) is 4.34. The van der Waals surface area contributed by atoms with Crippen LogP contribution in [-0.4, -0.2) is 26.8 Å². The topological polar surface area (TPSA) is 84.2 Å². The van der Waals surface area contributed by atoms with Crippen LogP contribution in [0.15, 0.2) is 0 Å². The van der Waals surface area contributed by atoms with Crippen LogP contribution >= 0.6 is 0 Å². The van der Waals surface area contributed by atoms with Gasteiger partial charge < -0.3 is 10.4 Å². The third kappa shape index (κ3) is 2.94. The van der Waals surface area contributed by atoms with Crippen molar-refractivity contribution in [1.29, 1.82) is 0 Å². The highest BCUT2D eigenvalue weighted by atomic mass is 16.4. The van der Waals surface area contributed by atoms with Crippen LogP contribution in [0.1, 0.15) is 37.6 Å². The number of hydrogen-bond donors (Lipinski definition) is 2. The smallest absolute Gasteiger partial charge is 0.307 e. The van der Waals surface area contributed by atoms with Crippen molar-refractivity contribution in [1.82, 2.24) is 9.78 Å². The lowest BCUT2D eigenvalue weighted by molar-refractivity contribution is -0.145. The molecule has 0 aromatic carbocycles. The fourth-order valence-electron chi connectivity index (χ4n) is 3.21. The summed E-state index contributed by atoms with van der Waals surface area (Å²) in [7, 11) is 1.82. The second kappa shape index (κ2) is 5.87. The molecule has 1 fully saturated rings. The number of carbonyl (C=O) groups excluding carboxylic acids is 1. The zero-order chi connectivity index (χ0) is 15.7. The normalized spacial score (nSPS) is 25.0. The maximum Gasteiger partial charge on any atom is 0.307 e. The average molecular weight is 293 g/mol. The number of hydrogen-bond acceptors (Lipinski definition) is 3. The molecule has 0 radical (unpaired) electrons. The van der Waals surface area contributed by atoms with Gasteiger partial charge in [-0.15, -0.1) is 0 Å². The molecule has 6 heteroatoms. The highest BCUT2D eigenvalue weighted by molar-refractivity contribution is 5.96. The molecule has 116 valence electrons. The third-order valence-electron chi connectivity index (χ3n) is 4.65. The van der Waals surface area contributed by atoms with Crippen LogP contribution in [0, 0.1) is 31.6 Å². The van der Waals surface area contributed by atoms with Crippen molar-refractivity contribution < 1.29 is 14.7 Å². The minimum Gasteiger partial charge on any atom is -0.481 e. The van der Waals surface area contributed by atoms with Gasteiger partial charge in [-0.25, -0.2) is 0 Å². The second-order valence-electron chi connectivity index (χ2n) is 5.96. The number of carbonyl (C=O) groups is 2. The van der Waals surface area contributed by atoms with E-state index in [2.05, 4.69) is 10.4 Å². The number of anilines is 1. The average Bonchev–Trinajstić information content (AvgIpc) is 2.96. The molecule has 1 aromatic rings. The molecule has 0 saturated heterocycles. The first-order chi connectivity index (χ1) is 9.85. The van der Waals surface area contributed by atoms with Gasteiger partial charge in [-0.3, -0.25) is 14.3 Å². The molecule has 1 aliphatic rings. The van der Waals surface area contributed by atoms with Crippen molar-refractivity contribution >= 4 is 17.6 Å². The van der Waals surface area contributed by atoms with E-state index in [-0.39, 0.29) is 5.91 Å². The van der Waals surface area contributed by atoms with E-state index in [1.165, 1.54) is 0 Å². The SMILES string of the molecule is CCC1C[C@H](C(=O)Nc2c(C)nn(C)c2C)[C@H](C(=O)O)C1. The summed E-state index contributed by atoms with van der Waals surface area (Å²) in [6.45, 7) is 5.76. The molecule has 2 rings (SSSR count). The van der Waals surface area contributed by atoms with Crippen molar-refractivity contribution in [3.05, 3.63) is 11.4 Å². The van der Waals surface area contributed by atoms with Gasteiger partial charge in [0.25, 0.3) is 0 Å². The fraction of sp³-hybridized carbons (Fsp3) is 0.667. The molecule has 0 aliphatic heterocycles. The van der Waals surface area contributed by atoms with Gasteiger partial charge in [0.15, 0.2) is 0 Å². The monoisotopic (exact) mass is 293 g/mol. The Morgan fingerprint density at radius 3 is 2.43 bits per heavy atom. The van der Waals surface area contributed by atoms with E-state index < -0.39 is 17.8 Å². The zero-order valence-corrected chi connectivity index (χ0v) is 13.0. The predicted octanol–water partition coefficient (Wildman–Crippen LogP) is 2.11. The van der Waals surface area contributed by atoms with E-state index >= 15 is 0 Å². The summed E-state index contributed by atoms with van der Waals surface area (Å²) >= 11 is 0. The standard InChI is InChI=1S/C15H23N3O3/c1-5-10-6-11(12(7-10)15(20)21)14(19)16-13-8(2)17-18(4)9(13)3/h10-12H,5-7H2,1-4H3,(H,16,19)(H,20,21)/t10?,11-,12+/m0/s1. The molecule has 3 atom stereocenters. The first kappa shape index (κ1) is 15.5. The van der Waals surface area contributed by atoms with E-state index in [0.717, 1.165) is 17.8 Å². The van der Waals surface area contributed by atoms with Crippen molar-refractivity contribution in [3.63, 3.8) is 0 Å². The van der Waals surface area contributed by atoms with Crippen molar-refractivity contribution in [2.75, 3.05) is 5.32 Å². The molecule has 1 aliphatic carbocycles. The molecule has 2 N–H and O–H groups in total. The first-order valence-corrected chi connectivity index (χ1v) is 7.39. The highest BCUT2D eigenvalue weighted by Gasteiger charge is 2.42. The summed E-state index contributed by atoms with van der Waals surface area (Å²) in [5, 5.41) is 16.5. The van der Waals surface area contributed by atoms with Crippen molar-refractivity contribution in [2.24, 2.45) is 24.8 Å². The summed E-state index contributed by atoms with van der Waals surface area (Å²) in [5.74, 6) is -1.78. The number of carboxylic acid groups (broad SMARTS) is 1. The summed E-state index contributed by atoms with van der Waals surface area (Å²) in [6.07, 6.45) is 2.16. The Hall–Kier alpha value is -1.85. The number of nitrogens with zero attached hydrogens (tertiary/aromatic N) is 2. The third-order valence-corrected chi connectivity index (χ3v) is 4.65. The molecule has 1 aromatic heterocycles. The van der Waals surface area contributed by atoms with E-state index in [9.17, 15) is 14.7 Å². The summed E-state index contributed by atoms with van der Waals surface area (Å²) in [4.78, 5) is 23.9. The lowest BCUT2D eigenvalue weighted by Crippen LogP contribution is -2.30. The molecule has 1 unspecified atom stereocenters. The number of nitrogens with one attached hydrogen (secondary N) is 1. The number of rotatable bonds is 4. The van der Waals surface area contributed by atoms with Gasteiger partial charge >= 0.3 is 5.97 Å². The lowest BCUT2D eigenvalue weighted by Gasteiger charge is -2.15. The number of amides is 1. The number of aromatic nitrogens is 2. The van der Waals surface area contributed by atoms with Crippen LogP contribution in [0.2, 0.25) is 0 Å². The quantitative estimate of drug-likeness (QED) is 0.890. The van der Waals surface area contributed by atoms with E-state index in [1.807, 2.05) is 27.8 Å². The van der Waals surface area contributed by atoms with Gasteiger partial charge in [0.2, 0.25) is 5.91 Å². The van der Waals surface area contributed by atoms with Gasteiger partial charge in [0, 0.05) is 7.05 Å². The highest BCUT2D eigenvalue weighted by Crippen LogP contribution is 2.39. The van der Waals surface area contributed by atoms with Crippen molar-refractivity contribution in [3.8, 4) is 0 Å².